The molecule has 1 radical (unpaired) electrons. The fraction of sp³-hybridized carbons (Fsp3) is 0.300. The highest BCUT2D eigenvalue weighted by Crippen LogP contribution is 2.15. The molecule has 12 heavy (non-hydrogen) atoms. The number of hydrogen-bond acceptors (Lipinski definition) is 2. The molecule has 2 heterocycles. The Morgan fingerprint density at radius 2 is 2.50 bits per heavy atom. The molecule has 1 aliphatic rings. The van der Waals surface area contributed by atoms with E-state index in [2.05, 4.69) is 28.2 Å². The van der Waals surface area contributed by atoms with Gasteiger partial charge in [-0.2, -0.15) is 0 Å². The monoisotopic (exact) mass is 159 g/mol. The molecule has 2 nitrogen and oxygen atoms in total. The third-order valence-corrected chi connectivity index (χ3v) is 1.97. The molecule has 2 rings (SSSR count). The molecule has 0 aromatic carbocycles. The summed E-state index contributed by atoms with van der Waals surface area (Å²) in [5.41, 5.74) is 1.13. The average molecular weight is 159 g/mol. The van der Waals surface area contributed by atoms with Crippen molar-refractivity contribution in [2.45, 2.75) is 12.8 Å². The highest BCUT2D eigenvalue weighted by atomic mass is 15.1. The first-order chi connectivity index (χ1) is 5.97. The van der Waals surface area contributed by atoms with Gasteiger partial charge in [-0.1, -0.05) is 6.08 Å². The van der Waals surface area contributed by atoms with Crippen LogP contribution < -0.4 is 4.90 Å². The van der Waals surface area contributed by atoms with Crippen LogP contribution >= 0.6 is 0 Å². The molecule has 0 unspecified atom stereocenters. The minimum absolute atomic E-state index is 1.09. The van der Waals surface area contributed by atoms with Crippen LogP contribution in [0.1, 0.15) is 12.8 Å². The van der Waals surface area contributed by atoms with E-state index in [0.29, 0.717) is 0 Å². The number of aromatic nitrogens is 1. The van der Waals surface area contributed by atoms with E-state index in [-0.39, 0.29) is 0 Å². The first-order valence-electron chi connectivity index (χ1n) is 4.21. The maximum atomic E-state index is 4.03. The molecule has 0 bridgehead atoms. The predicted molar refractivity (Wildman–Crippen MR) is 48.8 cm³/mol. The third-order valence-electron chi connectivity index (χ3n) is 1.97. The Bertz CT molecular complexity index is 266. The third kappa shape index (κ3) is 1.47. The van der Waals surface area contributed by atoms with E-state index in [0.717, 1.165) is 12.2 Å². The molecule has 0 N–H and O–H groups in total. The lowest BCUT2D eigenvalue weighted by Crippen LogP contribution is -2.19. The molecule has 0 saturated heterocycles. The summed E-state index contributed by atoms with van der Waals surface area (Å²) in [5, 5.41) is 0. The van der Waals surface area contributed by atoms with Crippen LogP contribution in [0.4, 0.5) is 5.69 Å². The van der Waals surface area contributed by atoms with Crippen molar-refractivity contribution in [1.82, 2.24) is 4.98 Å². The van der Waals surface area contributed by atoms with Crippen molar-refractivity contribution in [3.05, 3.63) is 36.8 Å². The molecule has 1 aromatic heterocycles. The molecule has 0 atom stereocenters. The number of rotatable bonds is 1. The van der Waals surface area contributed by atoms with Gasteiger partial charge < -0.3 is 4.90 Å². The molecule has 0 fully saturated rings. The van der Waals surface area contributed by atoms with E-state index in [1.54, 1.807) is 6.20 Å². The Labute approximate surface area is 72.5 Å². The van der Waals surface area contributed by atoms with Crippen molar-refractivity contribution in [3.8, 4) is 0 Å². The van der Waals surface area contributed by atoms with Crippen LogP contribution in [0.5, 0.6) is 0 Å². The smallest absolute Gasteiger partial charge is 0.0598 e. The number of pyridine rings is 1. The van der Waals surface area contributed by atoms with Crippen molar-refractivity contribution in [1.29, 1.82) is 0 Å². The van der Waals surface area contributed by atoms with Crippen LogP contribution in [0.15, 0.2) is 30.7 Å². The summed E-state index contributed by atoms with van der Waals surface area (Å²) in [7, 11) is 0. The molecule has 1 aliphatic heterocycles. The van der Waals surface area contributed by atoms with Crippen LogP contribution in [0.2, 0.25) is 0 Å². The van der Waals surface area contributed by atoms with Crippen LogP contribution in [-0.4, -0.2) is 11.5 Å². The quantitative estimate of drug-likeness (QED) is 0.623. The van der Waals surface area contributed by atoms with Gasteiger partial charge in [-0.15, -0.1) is 0 Å². The summed E-state index contributed by atoms with van der Waals surface area (Å²) in [6, 6.07) is 4.93. The van der Waals surface area contributed by atoms with Gasteiger partial charge in [0.1, 0.15) is 0 Å². The van der Waals surface area contributed by atoms with Gasteiger partial charge >= 0.3 is 0 Å². The van der Waals surface area contributed by atoms with E-state index in [9.17, 15) is 0 Å². The first kappa shape index (κ1) is 7.35. The summed E-state index contributed by atoms with van der Waals surface area (Å²) >= 11 is 0. The molecular weight excluding hydrogens is 148 g/mol. The zero-order valence-corrected chi connectivity index (χ0v) is 6.90. The second kappa shape index (κ2) is 3.39. The molecular formula is C10H11N2. The van der Waals surface area contributed by atoms with Crippen LogP contribution in [0.3, 0.4) is 0 Å². The van der Waals surface area contributed by atoms with Gasteiger partial charge in [0.2, 0.25) is 0 Å². The van der Waals surface area contributed by atoms with Gasteiger partial charge in [0, 0.05) is 25.0 Å². The Morgan fingerprint density at radius 3 is 3.17 bits per heavy atom. The number of nitrogens with zero attached hydrogens (tertiary/aromatic N) is 2. The summed E-state index contributed by atoms with van der Waals surface area (Å²) in [4.78, 5) is 6.23. The normalized spacial score (nSPS) is 16.5. The fourth-order valence-electron chi connectivity index (χ4n) is 1.34. The van der Waals surface area contributed by atoms with Gasteiger partial charge in [0.25, 0.3) is 0 Å². The van der Waals surface area contributed by atoms with Crippen molar-refractivity contribution >= 4 is 5.69 Å². The van der Waals surface area contributed by atoms with E-state index < -0.39 is 0 Å². The van der Waals surface area contributed by atoms with Gasteiger partial charge in [-0.25, -0.2) is 0 Å². The fourth-order valence-corrected chi connectivity index (χ4v) is 1.34. The highest BCUT2D eigenvalue weighted by molar-refractivity contribution is 5.46. The lowest BCUT2D eigenvalue weighted by Gasteiger charge is -2.22. The Balaban J connectivity index is 2.19. The second-order valence-electron chi connectivity index (χ2n) is 2.86. The van der Waals surface area contributed by atoms with Crippen molar-refractivity contribution < 1.29 is 0 Å². The van der Waals surface area contributed by atoms with Crippen LogP contribution in [-0.2, 0) is 0 Å². The van der Waals surface area contributed by atoms with E-state index in [1.807, 2.05) is 12.3 Å². The van der Waals surface area contributed by atoms with Gasteiger partial charge in [-0.3, -0.25) is 4.98 Å². The van der Waals surface area contributed by atoms with E-state index >= 15 is 0 Å². The average Bonchev–Trinajstić information content (AvgIpc) is 2.21. The van der Waals surface area contributed by atoms with Gasteiger partial charge in [0.15, 0.2) is 0 Å². The summed E-state index contributed by atoms with van der Waals surface area (Å²) in [6.45, 7) is 1.09. The molecule has 0 aliphatic carbocycles. The Morgan fingerprint density at radius 1 is 1.50 bits per heavy atom. The van der Waals surface area contributed by atoms with Crippen molar-refractivity contribution in [2.24, 2.45) is 0 Å². The summed E-state index contributed by atoms with van der Waals surface area (Å²) in [6.07, 6.45) is 10.3. The van der Waals surface area contributed by atoms with Crippen LogP contribution in [0, 0.1) is 6.07 Å². The number of anilines is 1. The highest BCUT2D eigenvalue weighted by Gasteiger charge is 2.04. The van der Waals surface area contributed by atoms with E-state index in [4.69, 9.17) is 0 Å². The second-order valence-corrected chi connectivity index (χ2v) is 2.86. The first-order valence-corrected chi connectivity index (χ1v) is 4.21. The topological polar surface area (TPSA) is 16.1 Å². The maximum Gasteiger partial charge on any atom is 0.0598 e. The predicted octanol–water partition coefficient (Wildman–Crippen LogP) is 2.00. The number of allylic oxidation sites excluding steroid dienone is 1. The van der Waals surface area contributed by atoms with E-state index in [1.165, 1.54) is 12.8 Å². The summed E-state index contributed by atoms with van der Waals surface area (Å²) < 4.78 is 0. The molecule has 0 saturated carbocycles. The Hall–Kier alpha value is -1.31. The molecule has 0 spiro atoms. The molecule has 2 heteroatoms. The van der Waals surface area contributed by atoms with Gasteiger partial charge in [-0.05, 0) is 18.9 Å². The largest absolute Gasteiger partial charge is 0.347 e. The SMILES string of the molecule is [c]1cncc(N2C=CCCC2)c1. The summed E-state index contributed by atoms with van der Waals surface area (Å²) in [5.74, 6) is 0. The maximum absolute atomic E-state index is 4.03. The minimum Gasteiger partial charge on any atom is -0.347 e. The van der Waals surface area contributed by atoms with Crippen molar-refractivity contribution in [3.63, 3.8) is 0 Å². The number of hydrogen-bond donors (Lipinski definition) is 0. The molecule has 0 amide bonds. The zero-order chi connectivity index (χ0) is 8.23. The minimum atomic E-state index is 1.09. The Kier molecular flexibility index (Phi) is 2.08. The van der Waals surface area contributed by atoms with Crippen LogP contribution in [0.25, 0.3) is 0 Å². The van der Waals surface area contributed by atoms with Gasteiger partial charge in [0.05, 0.1) is 11.9 Å². The lowest BCUT2D eigenvalue weighted by molar-refractivity contribution is 0.785. The standard InChI is InChI=1S/C10H11N2/c1-2-7-12(8-3-1)10-5-4-6-11-9-10/h2,5-7,9H,1,3,8H2. The van der Waals surface area contributed by atoms with Crippen molar-refractivity contribution in [2.75, 3.05) is 11.4 Å². The molecule has 1 aromatic rings. The zero-order valence-electron chi connectivity index (χ0n) is 6.90. The molecule has 61 valence electrons. The lowest BCUT2D eigenvalue weighted by atomic mass is 10.2.